The lowest BCUT2D eigenvalue weighted by Crippen LogP contribution is -2.29. The van der Waals surface area contributed by atoms with Crippen LogP contribution in [0.2, 0.25) is 0 Å². The van der Waals surface area contributed by atoms with E-state index < -0.39 is 0 Å². The van der Waals surface area contributed by atoms with Crippen LogP contribution in [0, 0.1) is 6.92 Å². The number of rotatable bonds is 5. The smallest absolute Gasteiger partial charge is 0.130 e. The number of nitrogens with zero attached hydrogens (tertiary/aromatic N) is 4. The summed E-state index contributed by atoms with van der Waals surface area (Å²) in [7, 11) is 0. The molecule has 2 N–H and O–H groups in total. The van der Waals surface area contributed by atoms with Gasteiger partial charge in [-0.15, -0.1) is 0 Å². The monoisotopic (exact) mass is 312 g/mol. The molecule has 0 aromatic carbocycles. The molecule has 0 unspecified atom stereocenters. The summed E-state index contributed by atoms with van der Waals surface area (Å²) in [4.78, 5) is 13.5. The molecule has 2 aliphatic rings. The Morgan fingerprint density at radius 1 is 1.30 bits per heavy atom. The molecule has 0 amide bonds. The molecule has 0 radical (unpaired) electrons. The molecule has 6 nitrogen and oxygen atoms in total. The molecule has 1 aliphatic heterocycles. The van der Waals surface area contributed by atoms with Crippen LogP contribution in [0.25, 0.3) is 0 Å². The molecule has 23 heavy (non-hydrogen) atoms. The lowest BCUT2D eigenvalue weighted by Gasteiger charge is -2.22. The highest BCUT2D eigenvalue weighted by Gasteiger charge is 2.25. The SMILES string of the molecule is Cc1nc(NCc2cncn2C2CC2)cc([C@H]2CCCNC2)n1. The van der Waals surface area contributed by atoms with Gasteiger partial charge in [-0.3, -0.25) is 0 Å². The number of nitrogens with one attached hydrogen (secondary N) is 2. The van der Waals surface area contributed by atoms with E-state index >= 15 is 0 Å². The zero-order chi connectivity index (χ0) is 15.6. The normalized spacial score (nSPS) is 21.3. The van der Waals surface area contributed by atoms with Crippen molar-refractivity contribution in [3.8, 4) is 0 Å². The van der Waals surface area contributed by atoms with E-state index in [1.54, 1.807) is 0 Å². The minimum absolute atomic E-state index is 0.503. The fourth-order valence-electron chi connectivity index (χ4n) is 3.33. The molecule has 2 aromatic rings. The van der Waals surface area contributed by atoms with Crippen molar-refractivity contribution in [2.24, 2.45) is 0 Å². The molecule has 122 valence electrons. The summed E-state index contributed by atoms with van der Waals surface area (Å²) < 4.78 is 2.28. The van der Waals surface area contributed by atoms with E-state index in [1.807, 2.05) is 19.4 Å². The minimum Gasteiger partial charge on any atom is -0.364 e. The van der Waals surface area contributed by atoms with Crippen LogP contribution in [0.5, 0.6) is 0 Å². The molecule has 2 fully saturated rings. The van der Waals surface area contributed by atoms with Crippen molar-refractivity contribution in [2.45, 2.75) is 51.1 Å². The van der Waals surface area contributed by atoms with Gasteiger partial charge in [-0.05, 0) is 39.2 Å². The number of hydrogen-bond acceptors (Lipinski definition) is 5. The first kappa shape index (κ1) is 14.6. The number of piperidine rings is 1. The molecule has 1 aliphatic carbocycles. The second-order valence-electron chi connectivity index (χ2n) is 6.65. The highest BCUT2D eigenvalue weighted by Crippen LogP contribution is 2.35. The van der Waals surface area contributed by atoms with Crippen LogP contribution in [0.15, 0.2) is 18.6 Å². The third-order valence-electron chi connectivity index (χ3n) is 4.71. The summed E-state index contributed by atoms with van der Waals surface area (Å²) in [5.41, 5.74) is 2.38. The number of aryl methyl sites for hydroxylation is 1. The maximum Gasteiger partial charge on any atom is 0.130 e. The molecule has 1 saturated carbocycles. The fraction of sp³-hybridized carbons (Fsp3) is 0.588. The van der Waals surface area contributed by atoms with Gasteiger partial charge in [-0.1, -0.05) is 0 Å². The summed E-state index contributed by atoms with van der Waals surface area (Å²) in [6.45, 7) is 4.87. The zero-order valence-electron chi connectivity index (χ0n) is 13.6. The molecular formula is C17H24N6. The second-order valence-corrected chi connectivity index (χ2v) is 6.65. The first-order valence-corrected chi connectivity index (χ1v) is 8.60. The molecule has 1 saturated heterocycles. The third kappa shape index (κ3) is 3.37. The Hall–Kier alpha value is -1.95. The van der Waals surface area contributed by atoms with E-state index in [1.165, 1.54) is 31.4 Å². The van der Waals surface area contributed by atoms with Crippen molar-refractivity contribution in [1.29, 1.82) is 0 Å². The van der Waals surface area contributed by atoms with Crippen molar-refractivity contribution >= 4 is 5.82 Å². The minimum atomic E-state index is 0.503. The van der Waals surface area contributed by atoms with E-state index in [9.17, 15) is 0 Å². The Kier molecular flexibility index (Phi) is 3.99. The number of imidazole rings is 1. The molecule has 0 bridgehead atoms. The quantitative estimate of drug-likeness (QED) is 0.887. The van der Waals surface area contributed by atoms with Gasteiger partial charge in [-0.2, -0.15) is 0 Å². The lowest BCUT2D eigenvalue weighted by molar-refractivity contribution is 0.453. The van der Waals surface area contributed by atoms with E-state index in [4.69, 9.17) is 0 Å². The number of aromatic nitrogens is 4. The van der Waals surface area contributed by atoms with E-state index in [2.05, 4.69) is 36.2 Å². The predicted molar refractivity (Wildman–Crippen MR) is 89.4 cm³/mol. The van der Waals surface area contributed by atoms with Crippen molar-refractivity contribution in [2.75, 3.05) is 18.4 Å². The van der Waals surface area contributed by atoms with Crippen LogP contribution in [0.1, 0.15) is 54.9 Å². The van der Waals surface area contributed by atoms with E-state index in [0.717, 1.165) is 37.0 Å². The van der Waals surface area contributed by atoms with Gasteiger partial charge in [0.1, 0.15) is 11.6 Å². The fourth-order valence-corrected chi connectivity index (χ4v) is 3.33. The van der Waals surface area contributed by atoms with Crippen LogP contribution in [0.4, 0.5) is 5.82 Å². The highest BCUT2D eigenvalue weighted by molar-refractivity contribution is 5.37. The van der Waals surface area contributed by atoms with Gasteiger partial charge in [-0.25, -0.2) is 15.0 Å². The Balaban J connectivity index is 1.47. The van der Waals surface area contributed by atoms with Crippen LogP contribution in [-0.2, 0) is 6.54 Å². The van der Waals surface area contributed by atoms with Crippen LogP contribution < -0.4 is 10.6 Å². The van der Waals surface area contributed by atoms with Crippen LogP contribution in [-0.4, -0.2) is 32.6 Å². The Bertz CT molecular complexity index is 669. The standard InChI is InChI=1S/C17H24N6/c1-12-21-16(13-3-2-6-18-8-13)7-17(22-12)20-10-15-9-19-11-23(15)14-4-5-14/h7,9,11,13-14,18H,2-6,8,10H2,1H3,(H,20,21,22)/t13-/m0/s1. The summed E-state index contributed by atoms with van der Waals surface area (Å²) in [6.07, 6.45) is 8.86. The Labute approximate surface area is 136 Å². The third-order valence-corrected chi connectivity index (χ3v) is 4.71. The average molecular weight is 312 g/mol. The zero-order valence-corrected chi connectivity index (χ0v) is 13.6. The lowest BCUT2D eigenvalue weighted by atomic mass is 9.96. The topological polar surface area (TPSA) is 67.7 Å². The van der Waals surface area contributed by atoms with Gasteiger partial charge in [0.05, 0.1) is 24.3 Å². The molecule has 4 rings (SSSR count). The molecule has 6 heteroatoms. The van der Waals surface area contributed by atoms with Crippen LogP contribution in [0.3, 0.4) is 0 Å². The Morgan fingerprint density at radius 2 is 2.22 bits per heavy atom. The van der Waals surface area contributed by atoms with Gasteiger partial charge in [0.2, 0.25) is 0 Å². The summed E-state index contributed by atoms with van der Waals surface area (Å²) in [5.74, 6) is 2.26. The molecule has 0 spiro atoms. The summed E-state index contributed by atoms with van der Waals surface area (Å²) in [6, 6.07) is 2.77. The number of anilines is 1. The van der Waals surface area contributed by atoms with Gasteiger partial charge in [0.15, 0.2) is 0 Å². The predicted octanol–water partition coefficient (Wildman–Crippen LogP) is 2.40. The van der Waals surface area contributed by atoms with E-state index in [-0.39, 0.29) is 0 Å². The van der Waals surface area contributed by atoms with Gasteiger partial charge in [0, 0.05) is 30.8 Å². The average Bonchev–Trinajstić information content (AvgIpc) is 3.31. The Morgan fingerprint density at radius 3 is 3.00 bits per heavy atom. The van der Waals surface area contributed by atoms with Gasteiger partial charge < -0.3 is 15.2 Å². The van der Waals surface area contributed by atoms with Crippen LogP contribution >= 0.6 is 0 Å². The largest absolute Gasteiger partial charge is 0.364 e. The first-order chi connectivity index (χ1) is 11.3. The maximum absolute atomic E-state index is 4.65. The van der Waals surface area contributed by atoms with Gasteiger partial charge >= 0.3 is 0 Å². The number of hydrogen-bond donors (Lipinski definition) is 2. The molecule has 1 atom stereocenters. The van der Waals surface area contributed by atoms with E-state index in [0.29, 0.717) is 12.0 Å². The van der Waals surface area contributed by atoms with Crippen molar-refractivity contribution in [1.82, 2.24) is 24.8 Å². The van der Waals surface area contributed by atoms with Crippen molar-refractivity contribution in [3.05, 3.63) is 35.8 Å². The summed E-state index contributed by atoms with van der Waals surface area (Å²) in [5, 5.41) is 6.92. The maximum atomic E-state index is 4.65. The summed E-state index contributed by atoms with van der Waals surface area (Å²) >= 11 is 0. The second kappa shape index (κ2) is 6.28. The van der Waals surface area contributed by atoms with Gasteiger partial charge in [0.25, 0.3) is 0 Å². The van der Waals surface area contributed by atoms with Crippen molar-refractivity contribution < 1.29 is 0 Å². The van der Waals surface area contributed by atoms with Crippen molar-refractivity contribution in [3.63, 3.8) is 0 Å². The molecule has 2 aromatic heterocycles. The highest BCUT2D eigenvalue weighted by atomic mass is 15.1. The molecular weight excluding hydrogens is 288 g/mol. The first-order valence-electron chi connectivity index (χ1n) is 8.60. The molecule has 3 heterocycles.